The maximum Gasteiger partial charge on any atom is 0.299 e. The number of aliphatic hydroxyl groups is 2. The van der Waals surface area contributed by atoms with E-state index in [9.17, 15) is 9.90 Å². The molecule has 0 aromatic rings. The number of carbonyl (C=O) groups excluding carboxylic acids is 1. The normalized spacial score (nSPS) is 19.8. The molecular formula is C9H12BrNO3. The lowest BCUT2D eigenvalue weighted by atomic mass is 9.92. The summed E-state index contributed by atoms with van der Waals surface area (Å²) in [6, 6.07) is 0. The van der Waals surface area contributed by atoms with Crippen LogP contribution in [0.3, 0.4) is 0 Å². The zero-order valence-electron chi connectivity index (χ0n) is 7.66. The Bertz CT molecular complexity index is 274. The molecule has 14 heavy (non-hydrogen) atoms. The molecule has 4 nitrogen and oxygen atoms in total. The van der Waals surface area contributed by atoms with Crippen molar-refractivity contribution in [1.29, 1.82) is 0 Å². The zero-order chi connectivity index (χ0) is 10.6. The molecule has 0 aromatic carbocycles. The highest BCUT2D eigenvalue weighted by Gasteiger charge is 2.32. The van der Waals surface area contributed by atoms with Gasteiger partial charge < -0.3 is 15.1 Å². The summed E-state index contributed by atoms with van der Waals surface area (Å²) < 4.78 is 0. The van der Waals surface area contributed by atoms with Crippen molar-refractivity contribution in [2.24, 2.45) is 0 Å². The molecule has 1 aliphatic rings. The molecule has 1 rings (SSSR count). The average molecular weight is 262 g/mol. The van der Waals surface area contributed by atoms with E-state index in [1.54, 1.807) is 4.90 Å². The molecule has 1 amide bonds. The molecule has 1 aliphatic heterocycles. The van der Waals surface area contributed by atoms with E-state index < -0.39 is 5.60 Å². The average Bonchev–Trinajstić information content (AvgIpc) is 2.19. The molecule has 78 valence electrons. The fourth-order valence-corrected chi connectivity index (χ4v) is 1.57. The Balaban J connectivity index is 2.49. The van der Waals surface area contributed by atoms with Gasteiger partial charge in [0, 0.05) is 34.9 Å². The van der Waals surface area contributed by atoms with E-state index in [2.05, 4.69) is 26.7 Å². The van der Waals surface area contributed by atoms with Crippen LogP contribution in [0.5, 0.6) is 0 Å². The van der Waals surface area contributed by atoms with E-state index in [0.717, 1.165) is 0 Å². The van der Waals surface area contributed by atoms with Gasteiger partial charge in [0.05, 0.1) is 12.2 Å². The van der Waals surface area contributed by atoms with Crippen LogP contribution in [-0.4, -0.2) is 46.3 Å². The van der Waals surface area contributed by atoms with Crippen LogP contribution >= 0.6 is 15.9 Å². The third-order valence-corrected chi connectivity index (χ3v) is 2.63. The molecule has 0 atom stereocenters. The molecule has 0 aromatic heterocycles. The van der Waals surface area contributed by atoms with Crippen LogP contribution in [0, 0.1) is 10.8 Å². The second-order valence-corrected chi connectivity index (χ2v) is 3.79. The highest BCUT2D eigenvalue weighted by Crippen LogP contribution is 2.21. The quantitative estimate of drug-likeness (QED) is 0.637. The highest BCUT2D eigenvalue weighted by atomic mass is 79.9. The van der Waals surface area contributed by atoms with E-state index in [1.807, 2.05) is 0 Å². The van der Waals surface area contributed by atoms with Crippen molar-refractivity contribution in [2.75, 3.05) is 19.7 Å². The zero-order valence-corrected chi connectivity index (χ0v) is 9.25. The van der Waals surface area contributed by atoms with Crippen LogP contribution in [0.4, 0.5) is 0 Å². The smallest absolute Gasteiger partial charge is 0.299 e. The van der Waals surface area contributed by atoms with Gasteiger partial charge in [0.15, 0.2) is 0 Å². The SMILES string of the molecule is O=C(C#CBr)N1CCC(O)(CO)CC1. The Labute approximate surface area is 91.0 Å². The molecule has 1 saturated heterocycles. The standard InChI is InChI=1S/C9H12BrNO3/c10-4-1-8(13)11-5-2-9(14,7-12)3-6-11/h12,14H,2-3,5-7H2. The van der Waals surface area contributed by atoms with Crippen LogP contribution in [0.25, 0.3) is 0 Å². The minimum absolute atomic E-state index is 0.248. The van der Waals surface area contributed by atoms with E-state index in [1.165, 1.54) is 0 Å². The molecular weight excluding hydrogens is 250 g/mol. The predicted molar refractivity (Wildman–Crippen MR) is 54.6 cm³/mol. The molecule has 2 N–H and O–H groups in total. The molecule has 0 aliphatic carbocycles. The Morgan fingerprint density at radius 1 is 1.50 bits per heavy atom. The van der Waals surface area contributed by atoms with Gasteiger partial charge in [0.2, 0.25) is 0 Å². The van der Waals surface area contributed by atoms with E-state index in [4.69, 9.17) is 5.11 Å². The lowest BCUT2D eigenvalue weighted by Crippen LogP contribution is -2.48. The summed E-state index contributed by atoms with van der Waals surface area (Å²) in [4.78, 5) is 15.2. The topological polar surface area (TPSA) is 60.8 Å². The minimum Gasteiger partial charge on any atom is -0.393 e. The summed E-state index contributed by atoms with van der Waals surface area (Å²) in [6.45, 7) is 0.633. The lowest BCUT2D eigenvalue weighted by Gasteiger charge is -2.36. The van der Waals surface area contributed by atoms with Crippen molar-refractivity contribution < 1.29 is 15.0 Å². The monoisotopic (exact) mass is 261 g/mol. The summed E-state index contributed by atoms with van der Waals surface area (Å²) in [5.41, 5.74) is -1.02. The second-order valence-electron chi connectivity index (χ2n) is 3.39. The molecule has 0 spiro atoms. The first kappa shape index (κ1) is 11.5. The van der Waals surface area contributed by atoms with Crippen molar-refractivity contribution >= 4 is 21.8 Å². The van der Waals surface area contributed by atoms with Crippen LogP contribution in [0.1, 0.15) is 12.8 Å². The highest BCUT2D eigenvalue weighted by molar-refractivity contribution is 9.12. The van der Waals surface area contributed by atoms with Gasteiger partial charge in [-0.25, -0.2) is 0 Å². The maximum absolute atomic E-state index is 11.3. The number of carbonyl (C=O) groups is 1. The van der Waals surface area contributed by atoms with Gasteiger partial charge in [-0.2, -0.15) is 0 Å². The fourth-order valence-electron chi connectivity index (χ4n) is 1.40. The Morgan fingerprint density at radius 3 is 2.50 bits per heavy atom. The number of nitrogens with zero attached hydrogens (tertiary/aromatic N) is 1. The van der Waals surface area contributed by atoms with Crippen LogP contribution in [0.15, 0.2) is 0 Å². The first-order valence-electron chi connectivity index (χ1n) is 4.35. The van der Waals surface area contributed by atoms with Gasteiger partial charge in [0.25, 0.3) is 5.91 Å². The number of rotatable bonds is 1. The Morgan fingerprint density at radius 2 is 2.07 bits per heavy atom. The molecule has 0 saturated carbocycles. The molecule has 0 radical (unpaired) electrons. The van der Waals surface area contributed by atoms with Gasteiger partial charge in [-0.05, 0) is 17.7 Å². The summed E-state index contributed by atoms with van der Waals surface area (Å²) in [5, 5.41) is 18.6. The largest absolute Gasteiger partial charge is 0.393 e. The number of piperidine rings is 1. The summed E-state index contributed by atoms with van der Waals surface area (Å²) in [6.07, 6.45) is 0.804. The number of likely N-dealkylation sites (tertiary alicyclic amines) is 1. The molecule has 5 heteroatoms. The van der Waals surface area contributed by atoms with Crippen molar-refractivity contribution in [3.8, 4) is 10.8 Å². The van der Waals surface area contributed by atoms with Gasteiger partial charge in [-0.3, -0.25) is 4.79 Å². The number of halogens is 1. The van der Waals surface area contributed by atoms with Gasteiger partial charge >= 0.3 is 0 Å². The Kier molecular flexibility index (Phi) is 3.93. The third-order valence-electron chi connectivity index (χ3n) is 2.43. The van der Waals surface area contributed by atoms with E-state index in [0.29, 0.717) is 25.9 Å². The number of amides is 1. The maximum atomic E-state index is 11.3. The van der Waals surface area contributed by atoms with Gasteiger partial charge in [0.1, 0.15) is 0 Å². The fraction of sp³-hybridized carbons (Fsp3) is 0.667. The van der Waals surface area contributed by atoms with Gasteiger partial charge in [-0.1, -0.05) is 0 Å². The van der Waals surface area contributed by atoms with E-state index in [-0.39, 0.29) is 12.5 Å². The summed E-state index contributed by atoms with van der Waals surface area (Å²) >= 11 is 2.85. The van der Waals surface area contributed by atoms with Crippen molar-refractivity contribution in [1.82, 2.24) is 4.90 Å². The van der Waals surface area contributed by atoms with Crippen molar-refractivity contribution in [3.05, 3.63) is 0 Å². The van der Waals surface area contributed by atoms with Crippen LogP contribution in [0.2, 0.25) is 0 Å². The lowest BCUT2D eigenvalue weighted by molar-refractivity contribution is -0.130. The van der Waals surface area contributed by atoms with E-state index >= 15 is 0 Å². The summed E-state index contributed by atoms with van der Waals surface area (Å²) in [5.74, 6) is 2.12. The molecule has 0 unspecified atom stereocenters. The number of hydrogen-bond donors (Lipinski definition) is 2. The van der Waals surface area contributed by atoms with Crippen molar-refractivity contribution in [3.63, 3.8) is 0 Å². The number of hydrogen-bond acceptors (Lipinski definition) is 3. The predicted octanol–water partition coefficient (Wildman–Crippen LogP) is -0.312. The molecule has 1 heterocycles. The first-order chi connectivity index (χ1) is 6.61. The van der Waals surface area contributed by atoms with Crippen molar-refractivity contribution in [2.45, 2.75) is 18.4 Å². The Hall–Kier alpha value is -0.570. The van der Waals surface area contributed by atoms with Gasteiger partial charge in [-0.15, -0.1) is 0 Å². The third kappa shape index (κ3) is 2.71. The van der Waals surface area contributed by atoms with Crippen LogP contribution < -0.4 is 0 Å². The minimum atomic E-state index is -1.02. The number of aliphatic hydroxyl groups excluding tert-OH is 1. The first-order valence-corrected chi connectivity index (χ1v) is 5.14. The molecule has 1 fully saturated rings. The second kappa shape index (κ2) is 4.78. The molecule has 0 bridgehead atoms. The summed E-state index contributed by atoms with van der Waals surface area (Å²) in [7, 11) is 0. The van der Waals surface area contributed by atoms with Crippen LogP contribution in [-0.2, 0) is 4.79 Å².